The normalized spacial score (nSPS) is 19.7. The fourth-order valence-electron chi connectivity index (χ4n) is 3.32. The van der Waals surface area contributed by atoms with E-state index in [1.165, 1.54) is 4.90 Å². The average Bonchev–Trinajstić information content (AvgIpc) is 3.05. The number of anilines is 1. The van der Waals surface area contributed by atoms with Crippen molar-refractivity contribution in [3.8, 4) is 11.5 Å². The van der Waals surface area contributed by atoms with Gasteiger partial charge in [-0.15, -0.1) is 0 Å². The molecular formula is C19H24N2O6. The molecule has 0 aromatic heterocycles. The first-order valence-corrected chi connectivity index (χ1v) is 9.25. The van der Waals surface area contributed by atoms with E-state index in [9.17, 15) is 19.5 Å². The van der Waals surface area contributed by atoms with Crippen LogP contribution in [0.2, 0.25) is 0 Å². The molecule has 0 spiro atoms. The lowest BCUT2D eigenvalue weighted by Crippen LogP contribution is -2.45. The molecule has 0 aliphatic carbocycles. The number of fused-ring (bicyclic) bond motifs is 1. The number of nitrogens with one attached hydrogen (secondary N) is 1. The van der Waals surface area contributed by atoms with Gasteiger partial charge in [0.2, 0.25) is 11.8 Å². The molecule has 0 radical (unpaired) electrons. The van der Waals surface area contributed by atoms with Crippen LogP contribution in [0, 0.1) is 5.92 Å². The van der Waals surface area contributed by atoms with Crippen molar-refractivity contribution in [2.75, 3.05) is 24.7 Å². The summed E-state index contributed by atoms with van der Waals surface area (Å²) in [7, 11) is 0. The minimum Gasteiger partial charge on any atom is -0.486 e. The van der Waals surface area contributed by atoms with Gasteiger partial charge in [0.05, 0.1) is 0 Å². The highest BCUT2D eigenvalue weighted by Crippen LogP contribution is 2.36. The second kappa shape index (κ2) is 8.28. The van der Waals surface area contributed by atoms with Crippen LogP contribution in [0.4, 0.5) is 5.69 Å². The third kappa shape index (κ3) is 4.15. The number of aliphatic carboxylic acids is 1. The van der Waals surface area contributed by atoms with Crippen molar-refractivity contribution in [2.24, 2.45) is 5.92 Å². The van der Waals surface area contributed by atoms with Gasteiger partial charge in [0, 0.05) is 18.3 Å². The lowest BCUT2D eigenvalue weighted by atomic mass is 10.1. The molecule has 2 heterocycles. The van der Waals surface area contributed by atoms with Crippen LogP contribution in [-0.2, 0) is 14.4 Å². The molecule has 8 nitrogen and oxygen atoms in total. The Morgan fingerprint density at radius 1 is 1.30 bits per heavy atom. The molecule has 1 aromatic rings. The van der Waals surface area contributed by atoms with Crippen molar-refractivity contribution >= 4 is 23.5 Å². The zero-order valence-corrected chi connectivity index (χ0v) is 15.3. The van der Waals surface area contributed by atoms with E-state index < -0.39 is 23.8 Å². The van der Waals surface area contributed by atoms with Crippen molar-refractivity contribution in [1.29, 1.82) is 0 Å². The Balaban J connectivity index is 1.67. The number of nitrogens with zero attached hydrogens (tertiary/aromatic N) is 1. The summed E-state index contributed by atoms with van der Waals surface area (Å²) in [6.45, 7) is 3.28. The highest BCUT2D eigenvalue weighted by Gasteiger charge is 2.39. The lowest BCUT2D eigenvalue weighted by Gasteiger charge is -2.22. The number of rotatable bonds is 7. The van der Waals surface area contributed by atoms with Gasteiger partial charge in [0.25, 0.3) is 0 Å². The minimum atomic E-state index is -1.08. The number of benzene rings is 1. The van der Waals surface area contributed by atoms with Crippen molar-refractivity contribution < 1.29 is 29.0 Å². The van der Waals surface area contributed by atoms with Crippen molar-refractivity contribution in [3.05, 3.63) is 18.2 Å². The molecule has 146 valence electrons. The summed E-state index contributed by atoms with van der Waals surface area (Å²) < 4.78 is 11.0. The summed E-state index contributed by atoms with van der Waals surface area (Å²) in [5, 5.41) is 11.8. The number of carbonyl (C=O) groups is 3. The van der Waals surface area contributed by atoms with Gasteiger partial charge in [-0.25, -0.2) is 4.79 Å². The number of hydrogen-bond donors (Lipinski definition) is 2. The van der Waals surface area contributed by atoms with Gasteiger partial charge in [0.15, 0.2) is 11.5 Å². The zero-order chi connectivity index (χ0) is 19.4. The highest BCUT2D eigenvalue weighted by molar-refractivity contribution is 6.10. The van der Waals surface area contributed by atoms with Crippen LogP contribution in [0.25, 0.3) is 0 Å². The Labute approximate surface area is 157 Å². The number of carboxylic acids is 1. The summed E-state index contributed by atoms with van der Waals surface area (Å²) in [6.07, 6.45) is 2.22. The summed E-state index contributed by atoms with van der Waals surface area (Å²) in [4.78, 5) is 38.1. The molecule has 0 saturated carbocycles. The Hall–Kier alpha value is -2.77. The van der Waals surface area contributed by atoms with Crippen LogP contribution in [0.3, 0.4) is 0 Å². The van der Waals surface area contributed by atoms with Crippen molar-refractivity contribution in [1.82, 2.24) is 5.32 Å². The number of amides is 2. The Kier molecular flexibility index (Phi) is 5.83. The average molecular weight is 376 g/mol. The standard InChI is InChI=1S/C19H24N2O6/c1-2-3-4-14(19(24)25)20-17(22)13-7-8-21(18(13)23)12-5-6-15-16(11-12)27-10-9-26-15/h5-6,11,13-14H,2-4,7-10H2,1H3,(H,20,22)(H,24,25). The van der Waals surface area contributed by atoms with Gasteiger partial charge in [-0.1, -0.05) is 19.8 Å². The van der Waals surface area contributed by atoms with E-state index in [0.717, 1.165) is 6.42 Å². The van der Waals surface area contributed by atoms with Crippen LogP contribution in [-0.4, -0.2) is 48.7 Å². The van der Waals surface area contributed by atoms with E-state index in [-0.39, 0.29) is 5.91 Å². The molecule has 1 aromatic carbocycles. The van der Waals surface area contributed by atoms with Gasteiger partial charge in [-0.2, -0.15) is 0 Å². The molecule has 2 aliphatic rings. The van der Waals surface area contributed by atoms with Crippen LogP contribution in [0.15, 0.2) is 18.2 Å². The predicted molar refractivity (Wildman–Crippen MR) is 97.0 cm³/mol. The molecule has 0 bridgehead atoms. The first-order chi connectivity index (χ1) is 13.0. The fraction of sp³-hybridized carbons (Fsp3) is 0.526. The summed E-state index contributed by atoms with van der Waals surface area (Å²) in [6, 6.07) is 4.27. The van der Waals surface area contributed by atoms with E-state index in [0.29, 0.717) is 56.2 Å². The van der Waals surface area contributed by atoms with Crippen LogP contribution >= 0.6 is 0 Å². The van der Waals surface area contributed by atoms with E-state index >= 15 is 0 Å². The number of carbonyl (C=O) groups excluding carboxylic acids is 2. The Bertz CT molecular complexity index is 735. The van der Waals surface area contributed by atoms with E-state index in [2.05, 4.69) is 5.32 Å². The maximum atomic E-state index is 12.7. The smallest absolute Gasteiger partial charge is 0.326 e. The van der Waals surface area contributed by atoms with Gasteiger partial charge in [-0.05, 0) is 25.0 Å². The molecule has 2 unspecified atom stereocenters. The molecule has 2 amide bonds. The lowest BCUT2D eigenvalue weighted by molar-refractivity contribution is -0.143. The topological polar surface area (TPSA) is 105 Å². The molecule has 2 atom stereocenters. The zero-order valence-electron chi connectivity index (χ0n) is 15.3. The van der Waals surface area contributed by atoms with Gasteiger partial charge in [0.1, 0.15) is 25.2 Å². The number of hydrogen-bond acceptors (Lipinski definition) is 5. The van der Waals surface area contributed by atoms with Crippen molar-refractivity contribution in [2.45, 2.75) is 38.6 Å². The van der Waals surface area contributed by atoms with E-state index in [1.807, 2.05) is 6.92 Å². The minimum absolute atomic E-state index is 0.330. The van der Waals surface area contributed by atoms with Gasteiger partial charge < -0.3 is 24.8 Å². The number of ether oxygens (including phenoxy) is 2. The monoisotopic (exact) mass is 376 g/mol. The maximum absolute atomic E-state index is 12.7. The summed E-state index contributed by atoms with van der Waals surface area (Å²) >= 11 is 0. The maximum Gasteiger partial charge on any atom is 0.326 e. The Morgan fingerprint density at radius 2 is 2.04 bits per heavy atom. The van der Waals surface area contributed by atoms with Crippen LogP contribution < -0.4 is 19.7 Å². The first kappa shape index (κ1) is 19.0. The third-order valence-electron chi connectivity index (χ3n) is 4.82. The summed E-state index contributed by atoms with van der Waals surface area (Å²) in [5.74, 6) is -1.60. The Morgan fingerprint density at radius 3 is 2.74 bits per heavy atom. The fourth-order valence-corrected chi connectivity index (χ4v) is 3.32. The molecular weight excluding hydrogens is 352 g/mol. The third-order valence-corrected chi connectivity index (χ3v) is 4.82. The highest BCUT2D eigenvalue weighted by atomic mass is 16.6. The molecule has 1 saturated heterocycles. The SMILES string of the molecule is CCCCC(NC(=O)C1CCN(c2ccc3c(c2)OCCO3)C1=O)C(=O)O. The van der Waals surface area contributed by atoms with Crippen LogP contribution in [0.5, 0.6) is 11.5 Å². The predicted octanol–water partition coefficient (Wildman–Crippen LogP) is 1.57. The molecule has 1 fully saturated rings. The van der Waals surface area contributed by atoms with Crippen molar-refractivity contribution in [3.63, 3.8) is 0 Å². The first-order valence-electron chi connectivity index (χ1n) is 9.25. The van der Waals surface area contributed by atoms with Gasteiger partial charge >= 0.3 is 5.97 Å². The van der Waals surface area contributed by atoms with Gasteiger partial charge in [-0.3, -0.25) is 9.59 Å². The number of carboxylic acid groups (broad SMARTS) is 1. The quantitative estimate of drug-likeness (QED) is 0.700. The van der Waals surface area contributed by atoms with Crippen LogP contribution in [0.1, 0.15) is 32.6 Å². The second-order valence-corrected chi connectivity index (χ2v) is 6.70. The molecule has 8 heteroatoms. The largest absolute Gasteiger partial charge is 0.486 e. The summed E-state index contributed by atoms with van der Waals surface area (Å²) in [5.41, 5.74) is 0.639. The molecule has 27 heavy (non-hydrogen) atoms. The van der Waals surface area contributed by atoms with E-state index in [1.54, 1.807) is 18.2 Å². The molecule has 2 N–H and O–H groups in total. The van der Waals surface area contributed by atoms with E-state index in [4.69, 9.17) is 9.47 Å². The molecule has 3 rings (SSSR count). The second-order valence-electron chi connectivity index (χ2n) is 6.70. The molecule has 2 aliphatic heterocycles. The number of unbranched alkanes of at least 4 members (excludes halogenated alkanes) is 1.